The Labute approximate surface area is 116 Å². The molecule has 0 spiro atoms. The first-order valence-corrected chi connectivity index (χ1v) is 6.33. The summed E-state index contributed by atoms with van der Waals surface area (Å²) in [7, 11) is 0. The number of hydrogen-bond acceptors (Lipinski definition) is 2. The summed E-state index contributed by atoms with van der Waals surface area (Å²) in [6.45, 7) is 2.15. The van der Waals surface area contributed by atoms with Crippen molar-refractivity contribution < 1.29 is 4.74 Å². The molecule has 1 unspecified atom stereocenters. The van der Waals surface area contributed by atoms with Crippen LogP contribution in [0, 0.1) is 0 Å². The van der Waals surface area contributed by atoms with Gasteiger partial charge in [0.1, 0.15) is 12.4 Å². The van der Waals surface area contributed by atoms with E-state index in [1.165, 1.54) is 5.54 Å². The molecule has 0 aliphatic heterocycles. The molecule has 1 rings (SSSR count). The predicted molar refractivity (Wildman–Crippen MR) is 74.1 cm³/mol. The zero-order valence-corrected chi connectivity index (χ0v) is 11.7. The fraction of sp³-hybridized carbons (Fsp3) is 0.333. The minimum absolute atomic E-state index is 0.103. The first-order valence-electron chi connectivity index (χ1n) is 5.14. The fourth-order valence-corrected chi connectivity index (χ4v) is 1.71. The number of benzene rings is 1. The molecule has 1 aromatic carbocycles. The maximum Gasteiger partial charge on any atom is 0.138 e. The third kappa shape index (κ3) is 5.17. The molecule has 1 aromatic rings. The topological polar surface area (TPSA) is 35.2 Å². The van der Waals surface area contributed by atoms with Crippen molar-refractivity contribution >= 4 is 34.8 Å². The summed E-state index contributed by atoms with van der Waals surface area (Å²) in [5.74, 6) is 0.580. The monoisotopic (exact) mass is 293 g/mol. The molecule has 0 heterocycles. The molecule has 2 N–H and O–H groups in total. The van der Waals surface area contributed by atoms with E-state index >= 15 is 0 Å². The maximum absolute atomic E-state index is 6.08. The standard InChI is InChI=1S/C12H14Cl3NO/c1-8(16)4-9-2-3-12(11(15)5-9)17-7-10(14)6-13/h2-3,5-6,8H,4,7,16H2,1H3. The molecular formula is C12H14Cl3NO. The number of nitrogens with two attached hydrogens (primary N) is 1. The summed E-state index contributed by atoms with van der Waals surface area (Å²) in [6, 6.07) is 5.69. The summed E-state index contributed by atoms with van der Waals surface area (Å²) in [5, 5.41) is 0.963. The van der Waals surface area contributed by atoms with Gasteiger partial charge in [0.2, 0.25) is 0 Å². The molecule has 94 valence electrons. The molecule has 0 amide bonds. The molecule has 0 fully saturated rings. The third-order valence-corrected chi connectivity index (χ3v) is 2.93. The lowest BCUT2D eigenvalue weighted by Gasteiger charge is -2.10. The van der Waals surface area contributed by atoms with Gasteiger partial charge in [-0.15, -0.1) is 0 Å². The highest BCUT2D eigenvalue weighted by molar-refractivity contribution is 6.36. The van der Waals surface area contributed by atoms with Gasteiger partial charge < -0.3 is 10.5 Å². The van der Waals surface area contributed by atoms with Crippen molar-refractivity contribution in [2.24, 2.45) is 5.73 Å². The largest absolute Gasteiger partial charge is 0.486 e. The van der Waals surface area contributed by atoms with E-state index in [1.54, 1.807) is 6.07 Å². The van der Waals surface area contributed by atoms with Crippen molar-refractivity contribution in [1.29, 1.82) is 0 Å². The fourth-order valence-electron chi connectivity index (χ4n) is 1.34. The Morgan fingerprint density at radius 2 is 2.24 bits per heavy atom. The van der Waals surface area contributed by atoms with Crippen LogP contribution in [-0.4, -0.2) is 12.6 Å². The summed E-state index contributed by atoms with van der Waals surface area (Å²) >= 11 is 17.2. The van der Waals surface area contributed by atoms with E-state index in [4.69, 9.17) is 45.3 Å². The summed E-state index contributed by atoms with van der Waals surface area (Å²) < 4.78 is 5.40. The van der Waals surface area contributed by atoms with Crippen LogP contribution in [0.25, 0.3) is 0 Å². The van der Waals surface area contributed by atoms with Gasteiger partial charge in [-0.1, -0.05) is 40.9 Å². The molecule has 5 heteroatoms. The molecule has 0 aromatic heterocycles. The van der Waals surface area contributed by atoms with Crippen LogP contribution in [0.5, 0.6) is 5.75 Å². The van der Waals surface area contributed by atoms with Crippen molar-refractivity contribution in [2.45, 2.75) is 19.4 Å². The number of halogens is 3. The molecule has 0 radical (unpaired) electrons. The minimum atomic E-state index is 0.103. The van der Waals surface area contributed by atoms with Crippen molar-refractivity contribution in [3.05, 3.63) is 39.4 Å². The lowest BCUT2D eigenvalue weighted by Crippen LogP contribution is -2.17. The van der Waals surface area contributed by atoms with Crippen LogP contribution in [0.2, 0.25) is 5.02 Å². The van der Waals surface area contributed by atoms with Gasteiger partial charge in [-0.25, -0.2) is 0 Å². The number of ether oxygens (including phenoxy) is 1. The second-order valence-electron chi connectivity index (χ2n) is 3.79. The third-order valence-electron chi connectivity index (χ3n) is 2.04. The van der Waals surface area contributed by atoms with E-state index in [2.05, 4.69) is 0 Å². The van der Waals surface area contributed by atoms with E-state index in [1.807, 2.05) is 19.1 Å². The molecule has 0 saturated heterocycles. The normalized spacial score (nSPS) is 13.6. The van der Waals surface area contributed by atoms with Gasteiger partial charge in [0.15, 0.2) is 0 Å². The number of rotatable bonds is 5. The molecule has 0 saturated carbocycles. The van der Waals surface area contributed by atoms with Crippen molar-refractivity contribution in [1.82, 2.24) is 0 Å². The second-order valence-corrected chi connectivity index (χ2v) is 4.90. The van der Waals surface area contributed by atoms with E-state index in [9.17, 15) is 0 Å². The van der Waals surface area contributed by atoms with Crippen LogP contribution < -0.4 is 10.5 Å². The van der Waals surface area contributed by atoms with Crippen molar-refractivity contribution in [3.8, 4) is 5.75 Å². The van der Waals surface area contributed by atoms with Gasteiger partial charge in [0.05, 0.1) is 10.1 Å². The van der Waals surface area contributed by atoms with Crippen LogP contribution in [-0.2, 0) is 6.42 Å². The van der Waals surface area contributed by atoms with Gasteiger partial charge in [-0.3, -0.25) is 0 Å². The average molecular weight is 295 g/mol. The smallest absolute Gasteiger partial charge is 0.138 e. The minimum Gasteiger partial charge on any atom is -0.486 e. The van der Waals surface area contributed by atoms with E-state index in [-0.39, 0.29) is 12.6 Å². The van der Waals surface area contributed by atoms with Crippen molar-refractivity contribution in [2.75, 3.05) is 6.61 Å². The highest BCUT2D eigenvalue weighted by Gasteiger charge is 2.05. The van der Waals surface area contributed by atoms with Gasteiger partial charge >= 0.3 is 0 Å². The highest BCUT2D eigenvalue weighted by Crippen LogP contribution is 2.26. The maximum atomic E-state index is 6.08. The Morgan fingerprint density at radius 1 is 1.53 bits per heavy atom. The number of hydrogen-bond donors (Lipinski definition) is 1. The molecule has 0 aliphatic carbocycles. The second kappa shape index (κ2) is 7.12. The Balaban J connectivity index is 2.69. The van der Waals surface area contributed by atoms with Gasteiger partial charge in [0.25, 0.3) is 0 Å². The van der Waals surface area contributed by atoms with Gasteiger partial charge in [-0.2, -0.15) is 0 Å². The molecular weight excluding hydrogens is 280 g/mol. The zero-order valence-electron chi connectivity index (χ0n) is 9.42. The average Bonchev–Trinajstić information content (AvgIpc) is 2.26. The lowest BCUT2D eigenvalue weighted by molar-refractivity contribution is 0.359. The van der Waals surface area contributed by atoms with Crippen LogP contribution >= 0.6 is 34.8 Å². The summed E-state index contributed by atoms with van der Waals surface area (Å²) in [6.07, 6.45) is 0.780. The molecule has 17 heavy (non-hydrogen) atoms. The quantitative estimate of drug-likeness (QED) is 0.893. The predicted octanol–water partition coefficient (Wildman–Crippen LogP) is 3.93. The Kier molecular flexibility index (Phi) is 6.14. The molecule has 0 bridgehead atoms. The first-order chi connectivity index (χ1) is 8.02. The first kappa shape index (κ1) is 14.7. The van der Waals surface area contributed by atoms with E-state index < -0.39 is 0 Å². The summed E-state index contributed by atoms with van der Waals surface area (Å²) in [4.78, 5) is 0. The Bertz CT molecular complexity index is 405. The Hall–Kier alpha value is -0.410. The summed E-state index contributed by atoms with van der Waals surface area (Å²) in [5.41, 5.74) is 8.06. The van der Waals surface area contributed by atoms with Gasteiger partial charge in [0, 0.05) is 11.6 Å². The Morgan fingerprint density at radius 3 is 2.76 bits per heavy atom. The molecule has 0 aliphatic rings. The lowest BCUT2D eigenvalue weighted by atomic mass is 10.1. The van der Waals surface area contributed by atoms with Crippen LogP contribution in [0.4, 0.5) is 0 Å². The molecule has 1 atom stereocenters. The molecule has 2 nitrogen and oxygen atoms in total. The van der Waals surface area contributed by atoms with E-state index in [0.717, 1.165) is 12.0 Å². The van der Waals surface area contributed by atoms with Gasteiger partial charge in [-0.05, 0) is 31.0 Å². The SMILES string of the molecule is CC(N)Cc1ccc(OCC(Cl)=CCl)c(Cl)c1. The van der Waals surface area contributed by atoms with Crippen molar-refractivity contribution in [3.63, 3.8) is 0 Å². The zero-order chi connectivity index (χ0) is 12.8. The highest BCUT2D eigenvalue weighted by atomic mass is 35.5. The van der Waals surface area contributed by atoms with Crippen LogP contribution in [0.3, 0.4) is 0 Å². The van der Waals surface area contributed by atoms with Crippen LogP contribution in [0.15, 0.2) is 28.8 Å². The van der Waals surface area contributed by atoms with Crippen LogP contribution in [0.1, 0.15) is 12.5 Å². The van der Waals surface area contributed by atoms with E-state index in [0.29, 0.717) is 15.8 Å².